The number of carbonyl (C=O) groups is 2. The number of ether oxygens (including phenoxy) is 1. The van der Waals surface area contributed by atoms with Gasteiger partial charge in [-0.3, -0.25) is 9.69 Å². The van der Waals surface area contributed by atoms with Crippen LogP contribution in [0.5, 0.6) is 5.75 Å². The summed E-state index contributed by atoms with van der Waals surface area (Å²) in [5.41, 5.74) is -0.682. The van der Waals surface area contributed by atoms with Gasteiger partial charge in [-0.2, -0.15) is 0 Å². The summed E-state index contributed by atoms with van der Waals surface area (Å²) < 4.78 is 18.8. The van der Waals surface area contributed by atoms with Gasteiger partial charge in [-0.25, -0.2) is 9.18 Å². The van der Waals surface area contributed by atoms with Crippen molar-refractivity contribution in [1.29, 1.82) is 0 Å². The van der Waals surface area contributed by atoms with Gasteiger partial charge < -0.3 is 15.2 Å². The van der Waals surface area contributed by atoms with Crippen LogP contribution in [-0.4, -0.2) is 41.2 Å². The minimum absolute atomic E-state index is 0.0141. The number of aliphatic hydroxyl groups is 1. The molecule has 6 nitrogen and oxygen atoms in total. The molecule has 1 aliphatic heterocycles. The van der Waals surface area contributed by atoms with Crippen LogP contribution in [0.3, 0.4) is 0 Å². The summed E-state index contributed by atoms with van der Waals surface area (Å²) in [4.78, 5) is 26.0. The highest BCUT2D eigenvalue weighted by Gasteiger charge is 2.49. The first-order valence-corrected chi connectivity index (χ1v) is 8.64. The zero-order valence-electron chi connectivity index (χ0n) is 14.5. The molecular formula is C19H18ClFN2O4. The zero-order valence-corrected chi connectivity index (χ0v) is 15.2. The predicted octanol–water partition coefficient (Wildman–Crippen LogP) is 2.69. The van der Waals surface area contributed by atoms with E-state index in [0.717, 1.165) is 4.90 Å². The number of benzene rings is 2. The van der Waals surface area contributed by atoms with Gasteiger partial charge in [0.1, 0.15) is 18.2 Å². The topological polar surface area (TPSA) is 78.9 Å². The number of imide groups is 1. The quantitative estimate of drug-likeness (QED) is 0.741. The summed E-state index contributed by atoms with van der Waals surface area (Å²) >= 11 is 5.87. The van der Waals surface area contributed by atoms with Gasteiger partial charge in [-0.1, -0.05) is 35.9 Å². The summed E-state index contributed by atoms with van der Waals surface area (Å²) in [6.07, 6.45) is -1.17. The van der Waals surface area contributed by atoms with Crippen LogP contribution in [0.15, 0.2) is 48.5 Å². The molecule has 1 aliphatic rings. The minimum atomic E-state index is -1.26. The molecule has 1 heterocycles. The molecule has 142 valence electrons. The molecule has 0 aromatic heterocycles. The molecule has 1 fully saturated rings. The van der Waals surface area contributed by atoms with Crippen LogP contribution >= 0.6 is 11.6 Å². The molecule has 0 saturated carbocycles. The molecule has 27 heavy (non-hydrogen) atoms. The van der Waals surface area contributed by atoms with Crippen LogP contribution in [0.2, 0.25) is 5.02 Å². The molecule has 2 atom stereocenters. The largest absolute Gasteiger partial charge is 0.488 e. The number of urea groups is 1. The maximum atomic E-state index is 13.5. The predicted molar refractivity (Wildman–Crippen MR) is 97.0 cm³/mol. The summed E-state index contributed by atoms with van der Waals surface area (Å²) in [5, 5.41) is 13.3. The van der Waals surface area contributed by atoms with Crippen molar-refractivity contribution in [2.24, 2.45) is 0 Å². The van der Waals surface area contributed by atoms with E-state index in [1.807, 2.05) is 0 Å². The standard InChI is InChI=1S/C19H18ClFN2O4/c1-19(12-6-8-13(20)9-7-12)17(25)23(18(26)22-19)10-14(24)11-27-16-5-3-2-4-15(16)21/h2-9,14,24H,10-11H2,1H3,(H,22,26)/t14-,19-/m0/s1. The molecule has 0 unspecified atom stereocenters. The Morgan fingerprint density at radius 1 is 1.22 bits per heavy atom. The van der Waals surface area contributed by atoms with Crippen LogP contribution in [0.4, 0.5) is 9.18 Å². The molecule has 0 bridgehead atoms. The average Bonchev–Trinajstić information content (AvgIpc) is 2.85. The third-order valence-corrected chi connectivity index (χ3v) is 4.61. The maximum Gasteiger partial charge on any atom is 0.325 e. The summed E-state index contributed by atoms with van der Waals surface area (Å²) in [5.74, 6) is -1.07. The number of rotatable bonds is 6. The first-order chi connectivity index (χ1) is 12.8. The molecule has 2 aromatic rings. The Bertz CT molecular complexity index is 861. The highest BCUT2D eigenvalue weighted by molar-refractivity contribution is 6.30. The number of nitrogens with one attached hydrogen (secondary N) is 1. The molecule has 3 rings (SSSR count). The van der Waals surface area contributed by atoms with Crippen molar-refractivity contribution in [3.63, 3.8) is 0 Å². The second-order valence-electron chi connectivity index (χ2n) is 6.37. The van der Waals surface area contributed by atoms with Gasteiger partial charge in [0.2, 0.25) is 0 Å². The summed E-state index contributed by atoms with van der Waals surface area (Å²) in [7, 11) is 0. The molecule has 0 aliphatic carbocycles. The number of amides is 3. The normalized spacial score (nSPS) is 20.5. The second kappa shape index (κ2) is 7.54. The Balaban J connectivity index is 1.66. The van der Waals surface area contributed by atoms with E-state index in [-0.39, 0.29) is 18.9 Å². The fraction of sp³-hybridized carbons (Fsp3) is 0.263. The SMILES string of the molecule is C[C@@]1(c2ccc(Cl)cc2)NC(=O)N(C[C@H](O)COc2ccccc2F)C1=O. The van der Waals surface area contributed by atoms with E-state index in [1.54, 1.807) is 37.3 Å². The van der Waals surface area contributed by atoms with Crippen molar-refractivity contribution in [1.82, 2.24) is 10.2 Å². The Kier molecular flexibility index (Phi) is 5.34. The first-order valence-electron chi connectivity index (χ1n) is 8.27. The number of para-hydroxylation sites is 1. The lowest BCUT2D eigenvalue weighted by Gasteiger charge is -2.23. The molecule has 2 aromatic carbocycles. The average molecular weight is 393 g/mol. The van der Waals surface area contributed by atoms with Crippen LogP contribution in [-0.2, 0) is 10.3 Å². The van der Waals surface area contributed by atoms with Gasteiger partial charge in [-0.05, 0) is 36.8 Å². The summed E-state index contributed by atoms with van der Waals surface area (Å²) in [6, 6.07) is 11.7. The Labute approximate surface area is 160 Å². The minimum Gasteiger partial charge on any atom is -0.488 e. The molecule has 0 spiro atoms. The third kappa shape index (κ3) is 3.89. The van der Waals surface area contributed by atoms with E-state index in [2.05, 4.69) is 5.32 Å². The van der Waals surface area contributed by atoms with Crippen molar-refractivity contribution in [3.8, 4) is 5.75 Å². The Morgan fingerprint density at radius 2 is 1.89 bits per heavy atom. The number of carbonyl (C=O) groups excluding carboxylic acids is 2. The van der Waals surface area contributed by atoms with Crippen molar-refractivity contribution in [3.05, 3.63) is 64.9 Å². The lowest BCUT2D eigenvalue weighted by atomic mass is 9.92. The van der Waals surface area contributed by atoms with Gasteiger partial charge in [0.05, 0.1) is 6.54 Å². The number of hydrogen-bond donors (Lipinski definition) is 2. The second-order valence-corrected chi connectivity index (χ2v) is 6.81. The van der Waals surface area contributed by atoms with Crippen LogP contribution in [0, 0.1) is 5.82 Å². The van der Waals surface area contributed by atoms with E-state index in [0.29, 0.717) is 10.6 Å². The number of β-amino-alcohol motifs (C(OH)–C–C–N with tert-alkyl or cyclic N) is 1. The maximum absolute atomic E-state index is 13.5. The number of halogens is 2. The van der Waals surface area contributed by atoms with Crippen LogP contribution < -0.4 is 10.1 Å². The summed E-state index contributed by atoms with van der Waals surface area (Å²) in [6.45, 7) is 1.04. The number of hydrogen-bond acceptors (Lipinski definition) is 4. The van der Waals surface area contributed by atoms with Crippen molar-refractivity contribution < 1.29 is 23.8 Å². The van der Waals surface area contributed by atoms with E-state index in [4.69, 9.17) is 16.3 Å². The smallest absolute Gasteiger partial charge is 0.325 e. The monoisotopic (exact) mass is 392 g/mol. The van der Waals surface area contributed by atoms with Gasteiger partial charge in [0.15, 0.2) is 11.6 Å². The van der Waals surface area contributed by atoms with Crippen molar-refractivity contribution in [2.45, 2.75) is 18.6 Å². The molecule has 8 heteroatoms. The third-order valence-electron chi connectivity index (χ3n) is 4.36. The highest BCUT2D eigenvalue weighted by Crippen LogP contribution is 2.29. The van der Waals surface area contributed by atoms with E-state index >= 15 is 0 Å². The van der Waals surface area contributed by atoms with E-state index in [1.165, 1.54) is 18.2 Å². The number of aliphatic hydroxyl groups excluding tert-OH is 1. The van der Waals surface area contributed by atoms with Gasteiger partial charge in [0.25, 0.3) is 5.91 Å². The molecule has 0 radical (unpaired) electrons. The Morgan fingerprint density at radius 3 is 2.56 bits per heavy atom. The highest BCUT2D eigenvalue weighted by atomic mass is 35.5. The van der Waals surface area contributed by atoms with E-state index < -0.39 is 29.4 Å². The van der Waals surface area contributed by atoms with Crippen molar-refractivity contribution >= 4 is 23.5 Å². The molecule has 2 N–H and O–H groups in total. The number of nitrogens with zero attached hydrogens (tertiary/aromatic N) is 1. The zero-order chi connectivity index (χ0) is 19.6. The molecular weight excluding hydrogens is 375 g/mol. The fourth-order valence-corrected chi connectivity index (χ4v) is 2.98. The van der Waals surface area contributed by atoms with Crippen LogP contribution in [0.25, 0.3) is 0 Å². The lowest BCUT2D eigenvalue weighted by Crippen LogP contribution is -2.42. The van der Waals surface area contributed by atoms with Gasteiger partial charge in [0, 0.05) is 5.02 Å². The van der Waals surface area contributed by atoms with E-state index in [9.17, 15) is 19.1 Å². The lowest BCUT2D eigenvalue weighted by molar-refractivity contribution is -0.132. The first kappa shape index (κ1) is 19.1. The van der Waals surface area contributed by atoms with Crippen LogP contribution in [0.1, 0.15) is 12.5 Å². The molecule has 3 amide bonds. The Hall–Kier alpha value is -2.64. The fourth-order valence-electron chi connectivity index (χ4n) is 2.85. The van der Waals surface area contributed by atoms with Gasteiger partial charge >= 0.3 is 6.03 Å². The molecule has 1 saturated heterocycles. The van der Waals surface area contributed by atoms with Crippen molar-refractivity contribution in [2.75, 3.05) is 13.2 Å². The van der Waals surface area contributed by atoms with Gasteiger partial charge in [-0.15, -0.1) is 0 Å².